The molecule has 0 bridgehead atoms. The standard InChI is InChI=1S/C26H30N2O3S/c1-6-21-10-13-22(14-11-21)20(5)27-26(29)23-12-9-19(4)25(16-23)32(30,31)28-24-15-17(2)7-8-18(24)3/h7-16,20,28H,6H2,1-5H3,(H,27,29). The molecule has 1 atom stereocenters. The van der Waals surface area contributed by atoms with Gasteiger partial charge in [-0.25, -0.2) is 8.42 Å². The van der Waals surface area contributed by atoms with Gasteiger partial charge < -0.3 is 5.32 Å². The second-order valence-corrected chi connectivity index (χ2v) is 9.85. The third-order valence-electron chi connectivity index (χ3n) is 5.61. The number of amides is 1. The van der Waals surface area contributed by atoms with Crippen molar-refractivity contribution in [3.8, 4) is 0 Å². The minimum absolute atomic E-state index is 0.0889. The quantitative estimate of drug-likeness (QED) is 0.501. The van der Waals surface area contributed by atoms with Crippen molar-refractivity contribution in [1.82, 2.24) is 5.32 Å². The highest BCUT2D eigenvalue weighted by molar-refractivity contribution is 7.92. The number of hydrogen-bond acceptors (Lipinski definition) is 3. The second kappa shape index (κ2) is 9.57. The zero-order valence-electron chi connectivity index (χ0n) is 19.2. The third kappa shape index (κ3) is 5.37. The molecule has 3 aromatic carbocycles. The van der Waals surface area contributed by atoms with Gasteiger partial charge >= 0.3 is 0 Å². The van der Waals surface area contributed by atoms with Crippen molar-refractivity contribution in [2.24, 2.45) is 0 Å². The molecule has 0 saturated carbocycles. The summed E-state index contributed by atoms with van der Waals surface area (Å²) in [5, 5.41) is 2.96. The van der Waals surface area contributed by atoms with Gasteiger partial charge in [0.2, 0.25) is 0 Å². The van der Waals surface area contributed by atoms with Gasteiger partial charge in [-0.2, -0.15) is 0 Å². The number of aryl methyl sites for hydroxylation is 4. The van der Waals surface area contributed by atoms with E-state index in [2.05, 4.69) is 17.0 Å². The lowest BCUT2D eigenvalue weighted by Gasteiger charge is -2.17. The van der Waals surface area contributed by atoms with E-state index in [9.17, 15) is 13.2 Å². The van der Waals surface area contributed by atoms with E-state index in [1.54, 1.807) is 25.1 Å². The highest BCUT2D eigenvalue weighted by Crippen LogP contribution is 2.24. The van der Waals surface area contributed by atoms with E-state index in [0.29, 0.717) is 16.8 Å². The molecule has 3 rings (SSSR count). The summed E-state index contributed by atoms with van der Waals surface area (Å²) in [4.78, 5) is 13.0. The minimum Gasteiger partial charge on any atom is -0.346 e. The van der Waals surface area contributed by atoms with Crippen LogP contribution >= 0.6 is 0 Å². The molecular formula is C26H30N2O3S. The first kappa shape index (κ1) is 23.5. The van der Waals surface area contributed by atoms with Crippen LogP contribution in [0.3, 0.4) is 0 Å². The van der Waals surface area contributed by atoms with Gasteiger partial charge in [0, 0.05) is 5.56 Å². The van der Waals surface area contributed by atoms with E-state index in [0.717, 1.165) is 23.1 Å². The molecule has 2 N–H and O–H groups in total. The number of rotatable bonds is 7. The van der Waals surface area contributed by atoms with Crippen molar-refractivity contribution >= 4 is 21.6 Å². The predicted octanol–water partition coefficient (Wildman–Crippen LogP) is 5.47. The van der Waals surface area contributed by atoms with Gasteiger partial charge in [0.05, 0.1) is 16.6 Å². The van der Waals surface area contributed by atoms with Gasteiger partial charge in [0.15, 0.2) is 0 Å². The molecule has 5 nitrogen and oxygen atoms in total. The minimum atomic E-state index is -3.86. The van der Waals surface area contributed by atoms with Crippen molar-refractivity contribution < 1.29 is 13.2 Å². The number of nitrogens with one attached hydrogen (secondary N) is 2. The molecular weight excluding hydrogens is 420 g/mol. The fourth-order valence-electron chi connectivity index (χ4n) is 3.48. The van der Waals surface area contributed by atoms with Crippen LogP contribution in [0.25, 0.3) is 0 Å². The number of sulfonamides is 1. The second-order valence-electron chi connectivity index (χ2n) is 8.19. The lowest BCUT2D eigenvalue weighted by Crippen LogP contribution is -2.27. The van der Waals surface area contributed by atoms with Crippen LogP contribution in [-0.4, -0.2) is 14.3 Å². The van der Waals surface area contributed by atoms with Gasteiger partial charge in [-0.1, -0.05) is 49.4 Å². The summed E-state index contributed by atoms with van der Waals surface area (Å²) in [6, 6.07) is 18.2. The van der Waals surface area contributed by atoms with Gasteiger partial charge in [0.1, 0.15) is 0 Å². The maximum absolute atomic E-state index is 13.1. The Hall–Kier alpha value is -3.12. The molecule has 0 radical (unpaired) electrons. The lowest BCUT2D eigenvalue weighted by molar-refractivity contribution is 0.0939. The number of carbonyl (C=O) groups excluding carboxylic acids is 1. The molecule has 0 aliphatic heterocycles. The molecule has 0 heterocycles. The largest absolute Gasteiger partial charge is 0.346 e. The molecule has 0 aromatic heterocycles. The number of carbonyl (C=O) groups is 1. The van der Waals surface area contributed by atoms with Crippen molar-refractivity contribution in [2.75, 3.05) is 4.72 Å². The van der Waals surface area contributed by atoms with Crippen LogP contribution < -0.4 is 10.0 Å². The fourth-order valence-corrected chi connectivity index (χ4v) is 4.88. The fraction of sp³-hybridized carbons (Fsp3) is 0.269. The molecule has 1 amide bonds. The van der Waals surface area contributed by atoms with E-state index in [4.69, 9.17) is 0 Å². The van der Waals surface area contributed by atoms with E-state index < -0.39 is 10.0 Å². The van der Waals surface area contributed by atoms with Gasteiger partial charge in [0.25, 0.3) is 15.9 Å². The molecule has 0 aliphatic rings. The number of anilines is 1. The van der Waals surface area contributed by atoms with Crippen molar-refractivity contribution in [3.05, 3.63) is 94.0 Å². The summed E-state index contributed by atoms with van der Waals surface area (Å²) in [7, 11) is -3.86. The zero-order chi connectivity index (χ0) is 23.5. The van der Waals surface area contributed by atoms with Crippen LogP contribution in [0.2, 0.25) is 0 Å². The Labute approximate surface area is 190 Å². The summed E-state index contributed by atoms with van der Waals surface area (Å²) in [5.41, 5.74) is 5.41. The summed E-state index contributed by atoms with van der Waals surface area (Å²) < 4.78 is 28.9. The molecule has 168 valence electrons. The van der Waals surface area contributed by atoms with E-state index >= 15 is 0 Å². The van der Waals surface area contributed by atoms with Crippen LogP contribution in [0.4, 0.5) is 5.69 Å². The third-order valence-corrected chi connectivity index (χ3v) is 7.12. The van der Waals surface area contributed by atoms with Crippen molar-refractivity contribution in [3.63, 3.8) is 0 Å². The molecule has 0 aliphatic carbocycles. The molecule has 0 saturated heterocycles. The smallest absolute Gasteiger partial charge is 0.262 e. The van der Waals surface area contributed by atoms with E-state index in [1.165, 1.54) is 11.6 Å². The van der Waals surface area contributed by atoms with Crippen molar-refractivity contribution in [1.29, 1.82) is 0 Å². The van der Waals surface area contributed by atoms with Crippen LogP contribution in [0.15, 0.2) is 65.6 Å². The van der Waals surface area contributed by atoms with Crippen LogP contribution in [0.5, 0.6) is 0 Å². The molecule has 6 heteroatoms. The summed E-state index contributed by atoms with van der Waals surface area (Å²) in [6.45, 7) is 9.48. The monoisotopic (exact) mass is 450 g/mol. The van der Waals surface area contributed by atoms with Crippen LogP contribution in [0.1, 0.15) is 58.1 Å². The molecule has 3 aromatic rings. The molecule has 0 fully saturated rings. The number of benzene rings is 3. The summed E-state index contributed by atoms with van der Waals surface area (Å²) in [6.07, 6.45) is 0.956. The molecule has 1 unspecified atom stereocenters. The average molecular weight is 451 g/mol. The average Bonchev–Trinajstić information content (AvgIpc) is 2.76. The van der Waals surface area contributed by atoms with Gasteiger partial charge in [-0.15, -0.1) is 0 Å². The maximum Gasteiger partial charge on any atom is 0.262 e. The van der Waals surface area contributed by atoms with E-state index in [-0.39, 0.29) is 16.8 Å². The normalized spacial score (nSPS) is 12.3. The van der Waals surface area contributed by atoms with Crippen molar-refractivity contribution in [2.45, 2.75) is 52.0 Å². The Morgan fingerprint density at radius 1 is 0.906 bits per heavy atom. The Morgan fingerprint density at radius 2 is 1.56 bits per heavy atom. The highest BCUT2D eigenvalue weighted by Gasteiger charge is 2.21. The highest BCUT2D eigenvalue weighted by atomic mass is 32.2. The Bertz CT molecular complexity index is 1230. The summed E-state index contributed by atoms with van der Waals surface area (Å²) >= 11 is 0. The molecule has 0 spiro atoms. The predicted molar refractivity (Wildman–Crippen MR) is 130 cm³/mol. The first-order valence-electron chi connectivity index (χ1n) is 10.7. The Morgan fingerprint density at radius 3 is 2.22 bits per heavy atom. The zero-order valence-corrected chi connectivity index (χ0v) is 20.0. The number of hydrogen-bond donors (Lipinski definition) is 2. The molecule has 32 heavy (non-hydrogen) atoms. The Balaban J connectivity index is 1.83. The first-order chi connectivity index (χ1) is 15.1. The topological polar surface area (TPSA) is 75.3 Å². The van der Waals surface area contributed by atoms with E-state index in [1.807, 2.05) is 57.2 Å². The maximum atomic E-state index is 13.1. The van der Waals surface area contributed by atoms with Gasteiger partial charge in [-0.3, -0.25) is 9.52 Å². The van der Waals surface area contributed by atoms with Crippen LogP contribution in [-0.2, 0) is 16.4 Å². The summed E-state index contributed by atoms with van der Waals surface area (Å²) in [5.74, 6) is -0.319. The lowest BCUT2D eigenvalue weighted by atomic mass is 10.0. The SMILES string of the molecule is CCc1ccc(C(C)NC(=O)c2ccc(C)c(S(=O)(=O)Nc3cc(C)ccc3C)c2)cc1. The van der Waals surface area contributed by atoms with Gasteiger partial charge in [-0.05, 0) is 80.1 Å². The first-order valence-corrected chi connectivity index (χ1v) is 12.2. The Kier molecular flexibility index (Phi) is 7.04. The van der Waals surface area contributed by atoms with Crippen LogP contribution in [0, 0.1) is 20.8 Å².